The van der Waals surface area contributed by atoms with E-state index in [0.717, 1.165) is 60.9 Å². The molecule has 0 amide bonds. The SMILES string of the molecule is c1ccc(-c2ccc3c(c2)c2cc(-c4cc(-c5ccc6c(c5)sc5ccccc56)ccn4)ccc2c2c3nc3ccccn32)nc1. The van der Waals surface area contributed by atoms with Gasteiger partial charge in [0.15, 0.2) is 0 Å². The van der Waals surface area contributed by atoms with Gasteiger partial charge in [-0.15, -0.1) is 11.3 Å². The van der Waals surface area contributed by atoms with Crippen molar-refractivity contribution in [1.82, 2.24) is 19.4 Å². The van der Waals surface area contributed by atoms with Crippen LogP contribution >= 0.6 is 11.3 Å². The van der Waals surface area contributed by atoms with Gasteiger partial charge in [0.05, 0.1) is 22.4 Å². The molecule has 5 aromatic heterocycles. The van der Waals surface area contributed by atoms with Crippen molar-refractivity contribution in [2.75, 3.05) is 0 Å². The molecule has 0 aliphatic carbocycles. The maximum atomic E-state index is 5.09. The predicted octanol–water partition coefficient (Wildman–Crippen LogP) is 11.0. The zero-order valence-corrected chi connectivity index (χ0v) is 25.4. The first-order chi connectivity index (χ1) is 22.8. The van der Waals surface area contributed by atoms with Crippen molar-refractivity contribution in [3.63, 3.8) is 0 Å². The molecule has 0 radical (unpaired) electrons. The Morgan fingerprint density at radius 2 is 1.17 bits per heavy atom. The van der Waals surface area contributed by atoms with E-state index < -0.39 is 0 Å². The van der Waals surface area contributed by atoms with Crippen LogP contribution in [0.5, 0.6) is 0 Å². The van der Waals surface area contributed by atoms with Crippen molar-refractivity contribution >= 4 is 69.7 Å². The number of hydrogen-bond donors (Lipinski definition) is 0. The lowest BCUT2D eigenvalue weighted by atomic mass is 9.94. The van der Waals surface area contributed by atoms with Crippen LogP contribution in [0.4, 0.5) is 0 Å². The van der Waals surface area contributed by atoms with Crippen LogP contribution in [-0.2, 0) is 0 Å². The Morgan fingerprint density at radius 1 is 0.457 bits per heavy atom. The molecule has 5 heteroatoms. The number of hydrogen-bond acceptors (Lipinski definition) is 4. The maximum Gasteiger partial charge on any atom is 0.137 e. The van der Waals surface area contributed by atoms with E-state index in [-0.39, 0.29) is 0 Å². The first kappa shape index (κ1) is 25.4. The minimum Gasteiger partial charge on any atom is -0.299 e. The van der Waals surface area contributed by atoms with Gasteiger partial charge in [-0.2, -0.15) is 0 Å². The lowest BCUT2D eigenvalue weighted by Crippen LogP contribution is -1.90. The molecule has 5 aromatic carbocycles. The molecule has 214 valence electrons. The fraction of sp³-hybridized carbons (Fsp3) is 0. The average Bonchev–Trinajstić information content (AvgIpc) is 3.70. The van der Waals surface area contributed by atoms with Crippen molar-refractivity contribution < 1.29 is 0 Å². The second kappa shape index (κ2) is 9.80. The van der Waals surface area contributed by atoms with E-state index in [4.69, 9.17) is 9.97 Å². The summed E-state index contributed by atoms with van der Waals surface area (Å²) in [7, 11) is 0. The van der Waals surface area contributed by atoms with Gasteiger partial charge in [0.25, 0.3) is 0 Å². The summed E-state index contributed by atoms with van der Waals surface area (Å²) in [4.78, 5) is 14.6. The molecule has 10 aromatic rings. The summed E-state index contributed by atoms with van der Waals surface area (Å²) in [6.45, 7) is 0. The Hall–Kier alpha value is -5.91. The van der Waals surface area contributed by atoms with E-state index >= 15 is 0 Å². The zero-order chi connectivity index (χ0) is 30.2. The summed E-state index contributed by atoms with van der Waals surface area (Å²) >= 11 is 1.85. The average molecular weight is 605 g/mol. The summed E-state index contributed by atoms with van der Waals surface area (Å²) in [5, 5.41) is 7.24. The minimum atomic E-state index is 0.939. The molecule has 0 saturated carbocycles. The molecule has 0 aliphatic rings. The number of aromatic nitrogens is 4. The van der Waals surface area contributed by atoms with E-state index in [1.165, 1.54) is 31.1 Å². The van der Waals surface area contributed by atoms with Crippen LogP contribution in [0.15, 0.2) is 146 Å². The van der Waals surface area contributed by atoms with Crippen molar-refractivity contribution in [1.29, 1.82) is 0 Å². The number of nitrogens with zero attached hydrogens (tertiary/aromatic N) is 4. The van der Waals surface area contributed by atoms with Gasteiger partial charge in [0, 0.05) is 60.7 Å². The Balaban J connectivity index is 1.18. The first-order valence-electron chi connectivity index (χ1n) is 15.3. The van der Waals surface area contributed by atoms with Crippen molar-refractivity contribution in [3.8, 4) is 33.6 Å². The molecule has 0 fully saturated rings. The third kappa shape index (κ3) is 3.82. The summed E-state index contributed by atoms with van der Waals surface area (Å²) in [6, 6.07) is 45.3. The second-order valence-electron chi connectivity index (χ2n) is 11.7. The van der Waals surface area contributed by atoms with Gasteiger partial charge >= 0.3 is 0 Å². The van der Waals surface area contributed by atoms with Crippen LogP contribution in [0.1, 0.15) is 0 Å². The fourth-order valence-corrected chi connectivity index (χ4v) is 8.06. The molecule has 0 N–H and O–H groups in total. The van der Waals surface area contributed by atoms with Gasteiger partial charge in [-0.3, -0.25) is 14.4 Å². The van der Waals surface area contributed by atoms with Crippen molar-refractivity contribution in [3.05, 3.63) is 146 Å². The van der Waals surface area contributed by atoms with Gasteiger partial charge in [-0.05, 0) is 82.6 Å². The standard InChI is InChI=1S/C41H24N4S/c1-2-9-37-29(7-1)30-14-11-25(24-38(30)46-37)26-17-19-43-36(23-26)28-13-16-32-34(22-28)33-21-27(35-8-3-5-18-42-35)12-15-31(33)40-41(32)45-20-6-4-10-39(45)44-40/h1-24H. The van der Waals surface area contributed by atoms with Crippen LogP contribution < -0.4 is 0 Å². The molecule has 0 aliphatic heterocycles. The maximum absolute atomic E-state index is 5.09. The zero-order valence-electron chi connectivity index (χ0n) is 24.6. The Morgan fingerprint density at radius 3 is 2.09 bits per heavy atom. The normalized spacial score (nSPS) is 11.9. The van der Waals surface area contributed by atoms with Crippen LogP contribution in [0.2, 0.25) is 0 Å². The van der Waals surface area contributed by atoms with Crippen LogP contribution in [0.3, 0.4) is 0 Å². The van der Waals surface area contributed by atoms with Gasteiger partial charge in [-0.25, -0.2) is 4.98 Å². The lowest BCUT2D eigenvalue weighted by molar-refractivity contribution is 1.23. The number of pyridine rings is 3. The van der Waals surface area contributed by atoms with Crippen LogP contribution in [-0.4, -0.2) is 19.4 Å². The summed E-state index contributed by atoms with van der Waals surface area (Å²) in [6.07, 6.45) is 5.87. The highest BCUT2D eigenvalue weighted by Crippen LogP contribution is 2.40. The lowest BCUT2D eigenvalue weighted by Gasteiger charge is -2.12. The molecule has 46 heavy (non-hydrogen) atoms. The van der Waals surface area contributed by atoms with Gasteiger partial charge in [0.2, 0.25) is 0 Å². The highest BCUT2D eigenvalue weighted by molar-refractivity contribution is 7.25. The highest BCUT2D eigenvalue weighted by Gasteiger charge is 2.17. The Labute approximate surface area is 267 Å². The smallest absolute Gasteiger partial charge is 0.137 e. The molecule has 0 bridgehead atoms. The summed E-state index contributed by atoms with van der Waals surface area (Å²) in [5.74, 6) is 0. The van der Waals surface area contributed by atoms with E-state index in [2.05, 4.69) is 125 Å². The first-order valence-corrected chi connectivity index (χ1v) is 16.2. The molecule has 0 saturated heterocycles. The Bertz CT molecular complexity index is 2810. The third-order valence-corrected chi connectivity index (χ3v) is 10.2. The van der Waals surface area contributed by atoms with Crippen molar-refractivity contribution in [2.45, 2.75) is 0 Å². The number of rotatable bonds is 3. The summed E-state index contributed by atoms with van der Waals surface area (Å²) < 4.78 is 4.82. The van der Waals surface area contributed by atoms with Gasteiger partial charge in [-0.1, -0.05) is 66.7 Å². The molecule has 0 atom stereocenters. The number of imidazole rings is 1. The van der Waals surface area contributed by atoms with Gasteiger partial charge in [0.1, 0.15) is 5.65 Å². The third-order valence-electron chi connectivity index (χ3n) is 9.10. The highest BCUT2D eigenvalue weighted by atomic mass is 32.1. The minimum absolute atomic E-state index is 0.939. The van der Waals surface area contributed by atoms with Crippen molar-refractivity contribution in [2.24, 2.45) is 0 Å². The molecular formula is C41H24N4S. The Kier molecular flexibility index (Phi) is 5.41. The quantitative estimate of drug-likeness (QED) is 0.188. The molecule has 0 unspecified atom stereocenters. The number of thiophene rings is 1. The number of benzene rings is 5. The predicted molar refractivity (Wildman–Crippen MR) is 192 cm³/mol. The monoisotopic (exact) mass is 604 g/mol. The van der Waals surface area contributed by atoms with E-state index in [9.17, 15) is 0 Å². The van der Waals surface area contributed by atoms with Crippen LogP contribution in [0.25, 0.3) is 92.0 Å². The molecule has 10 rings (SSSR count). The topological polar surface area (TPSA) is 43.1 Å². The molecule has 4 nitrogen and oxygen atoms in total. The molecular weight excluding hydrogens is 581 g/mol. The van der Waals surface area contributed by atoms with Crippen LogP contribution in [0, 0.1) is 0 Å². The van der Waals surface area contributed by atoms with E-state index in [1.807, 2.05) is 41.9 Å². The van der Waals surface area contributed by atoms with E-state index in [1.54, 1.807) is 0 Å². The van der Waals surface area contributed by atoms with E-state index in [0.29, 0.717) is 0 Å². The molecule has 5 heterocycles. The summed E-state index contributed by atoms with van der Waals surface area (Å²) in [5.41, 5.74) is 9.48. The largest absolute Gasteiger partial charge is 0.299 e. The van der Waals surface area contributed by atoms with Gasteiger partial charge < -0.3 is 0 Å². The fourth-order valence-electron chi connectivity index (χ4n) is 6.91. The second-order valence-corrected chi connectivity index (χ2v) is 12.8. The number of fused-ring (bicyclic) bond motifs is 11. The molecule has 0 spiro atoms.